The highest BCUT2D eigenvalue weighted by molar-refractivity contribution is 5.16. The van der Waals surface area contributed by atoms with Gasteiger partial charge in [0, 0.05) is 31.7 Å². The monoisotopic (exact) mass is 195 g/mol. The van der Waals surface area contributed by atoms with Gasteiger partial charge in [0.05, 0.1) is 5.60 Å². The third kappa shape index (κ3) is 3.09. The van der Waals surface area contributed by atoms with Crippen molar-refractivity contribution in [1.82, 2.24) is 4.98 Å². The quantitative estimate of drug-likeness (QED) is 0.727. The van der Waals surface area contributed by atoms with Gasteiger partial charge in [0.15, 0.2) is 0 Å². The SMILES string of the molecule is COCCCC(C)(O)c1cccnc1. The molecule has 0 amide bonds. The third-order valence-electron chi connectivity index (χ3n) is 2.30. The van der Waals surface area contributed by atoms with E-state index in [1.54, 1.807) is 26.4 Å². The van der Waals surface area contributed by atoms with E-state index in [4.69, 9.17) is 4.74 Å². The van der Waals surface area contributed by atoms with E-state index in [0.29, 0.717) is 13.0 Å². The van der Waals surface area contributed by atoms with E-state index in [-0.39, 0.29) is 0 Å². The Labute approximate surface area is 84.7 Å². The molecule has 0 spiro atoms. The van der Waals surface area contributed by atoms with Gasteiger partial charge >= 0.3 is 0 Å². The van der Waals surface area contributed by atoms with Gasteiger partial charge in [0.25, 0.3) is 0 Å². The molecule has 14 heavy (non-hydrogen) atoms. The fraction of sp³-hybridized carbons (Fsp3) is 0.545. The van der Waals surface area contributed by atoms with Gasteiger partial charge in [-0.2, -0.15) is 0 Å². The molecule has 1 unspecified atom stereocenters. The number of pyridine rings is 1. The molecule has 78 valence electrons. The van der Waals surface area contributed by atoms with E-state index in [2.05, 4.69) is 4.98 Å². The maximum atomic E-state index is 10.1. The van der Waals surface area contributed by atoms with Gasteiger partial charge in [-0.25, -0.2) is 0 Å². The summed E-state index contributed by atoms with van der Waals surface area (Å²) in [5, 5.41) is 10.1. The molecule has 0 saturated carbocycles. The lowest BCUT2D eigenvalue weighted by molar-refractivity contribution is 0.0369. The van der Waals surface area contributed by atoms with Crippen LogP contribution < -0.4 is 0 Å². The van der Waals surface area contributed by atoms with Crippen LogP contribution in [-0.4, -0.2) is 23.8 Å². The predicted octanol–water partition coefficient (Wildman–Crippen LogP) is 1.72. The van der Waals surface area contributed by atoms with Crippen molar-refractivity contribution < 1.29 is 9.84 Å². The van der Waals surface area contributed by atoms with E-state index in [0.717, 1.165) is 12.0 Å². The van der Waals surface area contributed by atoms with Crippen LogP contribution in [0.3, 0.4) is 0 Å². The van der Waals surface area contributed by atoms with Gasteiger partial charge in [-0.15, -0.1) is 0 Å². The van der Waals surface area contributed by atoms with Crippen LogP contribution in [0.25, 0.3) is 0 Å². The van der Waals surface area contributed by atoms with Crippen LogP contribution in [0, 0.1) is 0 Å². The average molecular weight is 195 g/mol. The molecule has 3 nitrogen and oxygen atoms in total. The largest absolute Gasteiger partial charge is 0.385 e. The van der Waals surface area contributed by atoms with Crippen LogP contribution in [0.5, 0.6) is 0 Å². The van der Waals surface area contributed by atoms with Gasteiger partial charge in [-0.1, -0.05) is 6.07 Å². The molecule has 0 aliphatic carbocycles. The molecule has 0 aliphatic rings. The van der Waals surface area contributed by atoms with Gasteiger partial charge in [0.1, 0.15) is 0 Å². The van der Waals surface area contributed by atoms with Crippen LogP contribution in [-0.2, 0) is 10.3 Å². The Balaban J connectivity index is 2.56. The Morgan fingerprint density at radius 1 is 1.57 bits per heavy atom. The zero-order valence-corrected chi connectivity index (χ0v) is 8.73. The summed E-state index contributed by atoms with van der Waals surface area (Å²) in [6.45, 7) is 2.48. The molecule has 1 N–H and O–H groups in total. The van der Waals surface area contributed by atoms with E-state index >= 15 is 0 Å². The minimum Gasteiger partial charge on any atom is -0.385 e. The Morgan fingerprint density at radius 3 is 2.93 bits per heavy atom. The van der Waals surface area contributed by atoms with Crippen molar-refractivity contribution in [2.75, 3.05) is 13.7 Å². The second-order valence-corrected chi connectivity index (χ2v) is 3.61. The number of aliphatic hydroxyl groups is 1. The summed E-state index contributed by atoms with van der Waals surface area (Å²) < 4.78 is 4.95. The lowest BCUT2D eigenvalue weighted by Crippen LogP contribution is -2.21. The molecule has 1 atom stereocenters. The summed E-state index contributed by atoms with van der Waals surface area (Å²) in [4.78, 5) is 3.99. The maximum Gasteiger partial charge on any atom is 0.0884 e. The number of hydrogen-bond donors (Lipinski definition) is 1. The number of rotatable bonds is 5. The normalized spacial score (nSPS) is 15.1. The van der Waals surface area contributed by atoms with E-state index in [1.807, 2.05) is 12.1 Å². The Kier molecular flexibility index (Phi) is 4.04. The summed E-state index contributed by atoms with van der Waals surface area (Å²) in [7, 11) is 1.67. The lowest BCUT2D eigenvalue weighted by Gasteiger charge is -2.23. The van der Waals surface area contributed by atoms with Crippen LogP contribution >= 0.6 is 0 Å². The van der Waals surface area contributed by atoms with Crippen molar-refractivity contribution in [1.29, 1.82) is 0 Å². The van der Waals surface area contributed by atoms with E-state index in [9.17, 15) is 5.11 Å². The van der Waals surface area contributed by atoms with E-state index < -0.39 is 5.60 Å². The standard InChI is InChI=1S/C11H17NO2/c1-11(13,6-4-8-14-2)10-5-3-7-12-9-10/h3,5,7,9,13H,4,6,8H2,1-2H3. The number of ether oxygens (including phenoxy) is 1. The molecule has 1 aromatic rings. The van der Waals surface area contributed by atoms with Crippen molar-refractivity contribution >= 4 is 0 Å². The summed E-state index contributed by atoms with van der Waals surface area (Å²) in [5.74, 6) is 0. The van der Waals surface area contributed by atoms with Gasteiger partial charge in [0.2, 0.25) is 0 Å². The number of hydrogen-bond acceptors (Lipinski definition) is 3. The molecular formula is C11H17NO2. The smallest absolute Gasteiger partial charge is 0.0884 e. The predicted molar refractivity (Wildman–Crippen MR) is 54.9 cm³/mol. The fourth-order valence-corrected chi connectivity index (χ4v) is 1.39. The van der Waals surface area contributed by atoms with Gasteiger partial charge in [-0.05, 0) is 25.8 Å². The first-order valence-electron chi connectivity index (χ1n) is 4.78. The van der Waals surface area contributed by atoms with Crippen LogP contribution in [0.15, 0.2) is 24.5 Å². The van der Waals surface area contributed by atoms with Crippen molar-refractivity contribution in [3.05, 3.63) is 30.1 Å². The molecule has 0 radical (unpaired) electrons. The fourth-order valence-electron chi connectivity index (χ4n) is 1.39. The molecule has 0 saturated heterocycles. The van der Waals surface area contributed by atoms with Crippen LogP contribution in [0.1, 0.15) is 25.3 Å². The summed E-state index contributed by atoms with van der Waals surface area (Å²) >= 11 is 0. The molecule has 0 aromatic carbocycles. The molecule has 3 heteroatoms. The Morgan fingerprint density at radius 2 is 2.36 bits per heavy atom. The van der Waals surface area contributed by atoms with Gasteiger partial charge < -0.3 is 9.84 Å². The first-order valence-corrected chi connectivity index (χ1v) is 4.78. The molecular weight excluding hydrogens is 178 g/mol. The van der Waals surface area contributed by atoms with Crippen molar-refractivity contribution in [3.63, 3.8) is 0 Å². The Bertz CT molecular complexity index is 259. The van der Waals surface area contributed by atoms with Crippen LogP contribution in [0.2, 0.25) is 0 Å². The topological polar surface area (TPSA) is 42.4 Å². The van der Waals surface area contributed by atoms with Crippen molar-refractivity contribution in [2.24, 2.45) is 0 Å². The molecule has 1 aromatic heterocycles. The maximum absolute atomic E-state index is 10.1. The number of methoxy groups -OCH3 is 1. The number of aromatic nitrogens is 1. The molecule has 1 heterocycles. The highest BCUT2D eigenvalue weighted by Gasteiger charge is 2.22. The highest BCUT2D eigenvalue weighted by Crippen LogP contribution is 2.24. The second-order valence-electron chi connectivity index (χ2n) is 3.61. The Hall–Kier alpha value is -0.930. The lowest BCUT2D eigenvalue weighted by atomic mass is 9.93. The van der Waals surface area contributed by atoms with Crippen LogP contribution in [0.4, 0.5) is 0 Å². The first kappa shape index (κ1) is 11.1. The molecule has 0 aliphatic heterocycles. The first-order chi connectivity index (χ1) is 6.67. The second kappa shape index (κ2) is 5.08. The highest BCUT2D eigenvalue weighted by atomic mass is 16.5. The zero-order valence-electron chi connectivity index (χ0n) is 8.73. The van der Waals surface area contributed by atoms with Crippen molar-refractivity contribution in [2.45, 2.75) is 25.4 Å². The zero-order chi connectivity index (χ0) is 10.4. The number of nitrogens with zero attached hydrogens (tertiary/aromatic N) is 1. The summed E-state index contributed by atoms with van der Waals surface area (Å²) in [5.41, 5.74) is 0.0587. The minimum absolute atomic E-state index is 0.677. The minimum atomic E-state index is -0.799. The summed E-state index contributed by atoms with van der Waals surface area (Å²) in [6, 6.07) is 3.72. The summed E-state index contributed by atoms with van der Waals surface area (Å²) in [6.07, 6.45) is 4.94. The third-order valence-corrected chi connectivity index (χ3v) is 2.30. The molecule has 0 bridgehead atoms. The molecule has 1 rings (SSSR count). The van der Waals surface area contributed by atoms with Crippen molar-refractivity contribution in [3.8, 4) is 0 Å². The average Bonchev–Trinajstić information content (AvgIpc) is 2.19. The van der Waals surface area contributed by atoms with E-state index in [1.165, 1.54) is 0 Å². The molecule has 0 fully saturated rings. The van der Waals surface area contributed by atoms with Gasteiger partial charge in [-0.3, -0.25) is 4.98 Å².